The van der Waals surface area contributed by atoms with Crippen molar-refractivity contribution >= 4 is 44.6 Å². The molecule has 5 nitrogen and oxygen atoms in total. The molecule has 4 N–H and O–H groups in total. The molecule has 0 unspecified atom stereocenters. The summed E-state index contributed by atoms with van der Waals surface area (Å²) >= 11 is 0. The SMILES string of the molecule is NCc1ccc2c(C3=C(c4c[nH]c5ccccc45)C(=O)NC3=O)cccc2c1. The van der Waals surface area contributed by atoms with E-state index in [2.05, 4.69) is 10.3 Å². The normalized spacial score (nSPS) is 14.3. The van der Waals surface area contributed by atoms with Crippen LogP contribution in [0.4, 0.5) is 0 Å². The minimum absolute atomic E-state index is 0.374. The van der Waals surface area contributed by atoms with Crippen LogP contribution in [0.1, 0.15) is 16.7 Å². The topological polar surface area (TPSA) is 88.0 Å². The van der Waals surface area contributed by atoms with E-state index in [1.165, 1.54) is 0 Å². The Morgan fingerprint density at radius 3 is 2.39 bits per heavy atom. The number of amides is 2. The van der Waals surface area contributed by atoms with E-state index in [1.54, 1.807) is 6.20 Å². The number of nitrogens with two attached hydrogens (primary N) is 1. The molecule has 2 heterocycles. The molecule has 0 bridgehead atoms. The minimum atomic E-state index is -0.375. The average molecular weight is 367 g/mol. The van der Waals surface area contributed by atoms with Crippen molar-refractivity contribution in [1.82, 2.24) is 10.3 Å². The van der Waals surface area contributed by atoms with E-state index >= 15 is 0 Å². The number of aromatic nitrogens is 1. The number of rotatable bonds is 3. The molecular formula is C23H17N3O2. The fourth-order valence-corrected chi connectivity index (χ4v) is 3.93. The Hall–Kier alpha value is -3.70. The maximum Gasteiger partial charge on any atom is 0.259 e. The number of aromatic amines is 1. The third kappa shape index (κ3) is 2.37. The molecule has 3 aromatic carbocycles. The van der Waals surface area contributed by atoms with Gasteiger partial charge in [0.15, 0.2) is 0 Å². The zero-order valence-electron chi connectivity index (χ0n) is 15.0. The molecule has 1 aliphatic heterocycles. The summed E-state index contributed by atoms with van der Waals surface area (Å²) in [5.74, 6) is -0.749. The molecule has 0 atom stereocenters. The zero-order valence-corrected chi connectivity index (χ0v) is 15.0. The summed E-state index contributed by atoms with van der Waals surface area (Å²) in [6.45, 7) is 0.447. The summed E-state index contributed by atoms with van der Waals surface area (Å²) in [5.41, 5.74) is 9.96. The van der Waals surface area contributed by atoms with Crippen molar-refractivity contribution in [3.63, 3.8) is 0 Å². The third-order valence-corrected chi connectivity index (χ3v) is 5.24. The Bertz CT molecular complexity index is 1310. The molecule has 5 heteroatoms. The van der Waals surface area contributed by atoms with Gasteiger partial charge in [-0.2, -0.15) is 0 Å². The van der Waals surface area contributed by atoms with Gasteiger partial charge < -0.3 is 10.7 Å². The van der Waals surface area contributed by atoms with E-state index in [4.69, 9.17) is 5.73 Å². The summed E-state index contributed by atoms with van der Waals surface area (Å²) in [7, 11) is 0. The second-order valence-corrected chi connectivity index (χ2v) is 6.85. The van der Waals surface area contributed by atoms with Crippen molar-refractivity contribution < 1.29 is 9.59 Å². The van der Waals surface area contributed by atoms with Crippen molar-refractivity contribution in [3.8, 4) is 0 Å². The molecule has 1 aliphatic rings. The lowest BCUT2D eigenvalue weighted by Crippen LogP contribution is -2.22. The standard InChI is InChI=1S/C23H17N3O2/c24-11-13-8-9-15-14(10-13)4-3-6-17(15)20-21(23(28)26-22(20)27)18-12-25-19-7-2-1-5-16(18)19/h1-10,12,25H,11,24H2,(H,26,27,28). The van der Waals surface area contributed by atoms with Gasteiger partial charge in [-0.15, -0.1) is 0 Å². The van der Waals surface area contributed by atoms with E-state index in [0.717, 1.165) is 38.4 Å². The molecule has 4 aromatic rings. The van der Waals surface area contributed by atoms with Crippen LogP contribution >= 0.6 is 0 Å². The summed E-state index contributed by atoms with van der Waals surface area (Å²) in [5, 5.41) is 5.28. The van der Waals surface area contributed by atoms with E-state index in [-0.39, 0.29) is 11.8 Å². The van der Waals surface area contributed by atoms with Crippen molar-refractivity contribution in [3.05, 3.63) is 83.6 Å². The Morgan fingerprint density at radius 2 is 1.57 bits per heavy atom. The summed E-state index contributed by atoms with van der Waals surface area (Å²) in [4.78, 5) is 28.7. The van der Waals surface area contributed by atoms with Crippen LogP contribution in [-0.4, -0.2) is 16.8 Å². The lowest BCUT2D eigenvalue weighted by atomic mass is 9.92. The van der Waals surface area contributed by atoms with Gasteiger partial charge in [-0.3, -0.25) is 14.9 Å². The number of imide groups is 1. The number of benzene rings is 3. The van der Waals surface area contributed by atoms with Crippen LogP contribution in [0.2, 0.25) is 0 Å². The van der Waals surface area contributed by atoms with Gasteiger partial charge in [-0.1, -0.05) is 48.5 Å². The number of hydrogen-bond donors (Lipinski definition) is 3. The maximum atomic E-state index is 12.8. The van der Waals surface area contributed by atoms with Crippen LogP contribution in [0.3, 0.4) is 0 Å². The smallest absolute Gasteiger partial charge is 0.259 e. The number of carbonyl (C=O) groups is 2. The highest BCUT2D eigenvalue weighted by Gasteiger charge is 2.34. The Morgan fingerprint density at radius 1 is 0.786 bits per heavy atom. The number of para-hydroxylation sites is 1. The van der Waals surface area contributed by atoms with Gasteiger partial charge in [-0.25, -0.2) is 0 Å². The Balaban J connectivity index is 1.82. The highest BCUT2D eigenvalue weighted by molar-refractivity contribution is 6.50. The monoisotopic (exact) mass is 367 g/mol. The van der Waals surface area contributed by atoms with Crippen LogP contribution in [0.5, 0.6) is 0 Å². The van der Waals surface area contributed by atoms with Crippen LogP contribution < -0.4 is 11.1 Å². The lowest BCUT2D eigenvalue weighted by Gasteiger charge is -2.09. The first-order valence-corrected chi connectivity index (χ1v) is 9.06. The molecular weight excluding hydrogens is 350 g/mol. The third-order valence-electron chi connectivity index (χ3n) is 5.24. The number of carbonyl (C=O) groups excluding carboxylic acids is 2. The number of H-pyrrole nitrogens is 1. The van der Waals surface area contributed by atoms with E-state index in [9.17, 15) is 9.59 Å². The van der Waals surface area contributed by atoms with Gasteiger partial charge in [-0.05, 0) is 34.0 Å². The maximum absolute atomic E-state index is 12.8. The summed E-state index contributed by atoms with van der Waals surface area (Å²) in [6.07, 6.45) is 1.79. The first-order chi connectivity index (χ1) is 13.7. The zero-order chi connectivity index (χ0) is 19.3. The predicted octanol–water partition coefficient (Wildman–Crippen LogP) is 3.35. The van der Waals surface area contributed by atoms with Crippen molar-refractivity contribution in [2.75, 3.05) is 0 Å². The first kappa shape index (κ1) is 16.5. The van der Waals surface area contributed by atoms with Crippen molar-refractivity contribution in [1.29, 1.82) is 0 Å². The highest BCUT2D eigenvalue weighted by atomic mass is 16.2. The quantitative estimate of drug-likeness (QED) is 0.485. The second kappa shape index (κ2) is 6.18. The highest BCUT2D eigenvalue weighted by Crippen LogP contribution is 2.37. The first-order valence-electron chi connectivity index (χ1n) is 9.06. The molecule has 5 rings (SSSR count). The van der Waals surface area contributed by atoms with Gasteiger partial charge in [0, 0.05) is 29.2 Å². The molecule has 28 heavy (non-hydrogen) atoms. The Kier molecular flexibility index (Phi) is 3.64. The van der Waals surface area contributed by atoms with Crippen LogP contribution in [-0.2, 0) is 16.1 Å². The predicted molar refractivity (Wildman–Crippen MR) is 110 cm³/mol. The molecule has 136 valence electrons. The van der Waals surface area contributed by atoms with Crippen LogP contribution in [0.25, 0.3) is 32.8 Å². The average Bonchev–Trinajstić information content (AvgIpc) is 3.26. The Labute approximate surface area is 160 Å². The molecule has 1 aromatic heterocycles. The van der Waals surface area contributed by atoms with Gasteiger partial charge in [0.1, 0.15) is 0 Å². The van der Waals surface area contributed by atoms with Gasteiger partial charge in [0.2, 0.25) is 0 Å². The molecule has 0 radical (unpaired) electrons. The molecule has 2 amide bonds. The number of fused-ring (bicyclic) bond motifs is 2. The van der Waals surface area contributed by atoms with Crippen molar-refractivity contribution in [2.45, 2.75) is 6.54 Å². The van der Waals surface area contributed by atoms with Gasteiger partial charge >= 0.3 is 0 Å². The van der Waals surface area contributed by atoms with Crippen LogP contribution in [0.15, 0.2) is 66.9 Å². The molecule has 0 aliphatic carbocycles. The minimum Gasteiger partial charge on any atom is -0.361 e. The fraction of sp³-hybridized carbons (Fsp3) is 0.0435. The van der Waals surface area contributed by atoms with Crippen LogP contribution in [0, 0.1) is 0 Å². The second-order valence-electron chi connectivity index (χ2n) is 6.85. The summed E-state index contributed by atoms with van der Waals surface area (Å²) in [6, 6.07) is 19.4. The molecule has 0 spiro atoms. The molecule has 0 fully saturated rings. The number of nitrogens with one attached hydrogen (secondary N) is 2. The van der Waals surface area contributed by atoms with Crippen molar-refractivity contribution in [2.24, 2.45) is 5.73 Å². The largest absolute Gasteiger partial charge is 0.361 e. The molecule has 0 saturated heterocycles. The van der Waals surface area contributed by atoms with E-state index in [0.29, 0.717) is 17.7 Å². The van der Waals surface area contributed by atoms with Gasteiger partial charge in [0.05, 0.1) is 11.1 Å². The van der Waals surface area contributed by atoms with E-state index in [1.807, 2.05) is 60.7 Å². The summed E-state index contributed by atoms with van der Waals surface area (Å²) < 4.78 is 0. The van der Waals surface area contributed by atoms with Gasteiger partial charge in [0.25, 0.3) is 11.8 Å². The fourth-order valence-electron chi connectivity index (χ4n) is 3.93. The van der Waals surface area contributed by atoms with E-state index < -0.39 is 0 Å². The number of hydrogen-bond acceptors (Lipinski definition) is 3. The lowest BCUT2D eigenvalue weighted by molar-refractivity contribution is -0.122. The molecule has 0 saturated carbocycles.